The van der Waals surface area contributed by atoms with Gasteiger partial charge >= 0.3 is 0 Å². The van der Waals surface area contributed by atoms with Crippen LogP contribution in [0.3, 0.4) is 0 Å². The van der Waals surface area contributed by atoms with Gasteiger partial charge in [-0.25, -0.2) is 0 Å². The lowest BCUT2D eigenvalue weighted by molar-refractivity contribution is 0.0270. The highest BCUT2D eigenvalue weighted by Crippen LogP contribution is 2.19. The Balaban J connectivity index is 2.54. The van der Waals surface area contributed by atoms with E-state index in [4.69, 9.17) is 10.2 Å². The minimum atomic E-state index is 0.243. The van der Waals surface area contributed by atoms with Crippen LogP contribution >= 0.6 is 0 Å². The molecule has 0 aromatic rings. The lowest BCUT2D eigenvalue weighted by Gasteiger charge is -2.43. The Morgan fingerprint density at radius 1 is 1.19 bits per heavy atom. The highest BCUT2D eigenvalue weighted by atomic mass is 16.3. The van der Waals surface area contributed by atoms with Crippen molar-refractivity contribution in [3.8, 4) is 0 Å². The van der Waals surface area contributed by atoms with Crippen molar-refractivity contribution in [3.63, 3.8) is 0 Å². The fourth-order valence-electron chi connectivity index (χ4n) is 2.47. The lowest BCUT2D eigenvalue weighted by Crippen LogP contribution is -2.56. The van der Waals surface area contributed by atoms with Crippen molar-refractivity contribution in [2.75, 3.05) is 45.9 Å². The number of hydrogen-bond acceptors (Lipinski definition) is 4. The van der Waals surface area contributed by atoms with E-state index in [1.807, 2.05) is 0 Å². The molecule has 1 heterocycles. The summed E-state index contributed by atoms with van der Waals surface area (Å²) in [6, 6.07) is 0.525. The zero-order chi connectivity index (χ0) is 12.0. The third kappa shape index (κ3) is 3.70. The Labute approximate surface area is 98.9 Å². The van der Waals surface area contributed by atoms with Crippen LogP contribution in [-0.2, 0) is 0 Å². The van der Waals surface area contributed by atoms with E-state index < -0.39 is 0 Å². The average Bonchev–Trinajstić information content (AvgIpc) is 2.31. The lowest BCUT2D eigenvalue weighted by atomic mass is 9.95. The van der Waals surface area contributed by atoms with Crippen LogP contribution in [0.4, 0.5) is 0 Å². The summed E-state index contributed by atoms with van der Waals surface area (Å²) in [5.74, 6) is 0.646. The molecule has 2 atom stereocenters. The Kier molecular flexibility index (Phi) is 6.28. The summed E-state index contributed by atoms with van der Waals surface area (Å²) >= 11 is 0. The van der Waals surface area contributed by atoms with Crippen molar-refractivity contribution in [1.29, 1.82) is 0 Å². The van der Waals surface area contributed by atoms with E-state index in [1.54, 1.807) is 0 Å². The third-order valence-corrected chi connectivity index (χ3v) is 3.72. The van der Waals surface area contributed by atoms with Gasteiger partial charge in [0.25, 0.3) is 0 Å². The molecule has 2 unspecified atom stereocenters. The van der Waals surface area contributed by atoms with E-state index in [0.717, 1.165) is 32.7 Å². The van der Waals surface area contributed by atoms with Crippen LogP contribution in [0.5, 0.6) is 0 Å². The summed E-state index contributed by atoms with van der Waals surface area (Å²) in [7, 11) is 0. The van der Waals surface area contributed by atoms with Crippen LogP contribution in [0.2, 0.25) is 0 Å². The quantitative estimate of drug-likeness (QED) is 0.674. The van der Waals surface area contributed by atoms with Gasteiger partial charge in [0.15, 0.2) is 0 Å². The largest absolute Gasteiger partial charge is 0.395 e. The number of piperazine rings is 1. The molecule has 1 fully saturated rings. The van der Waals surface area contributed by atoms with Gasteiger partial charge in [0.2, 0.25) is 0 Å². The molecule has 1 rings (SSSR count). The molecule has 0 bridgehead atoms. The number of rotatable bonds is 6. The standard InChI is InChI=1S/C12H26N2O2/c1-3-11(2)12-10-13(6-8-15)4-5-14(12)7-9-16/h11-12,15-16H,3-10H2,1-2H3. The maximum atomic E-state index is 9.06. The second-order valence-electron chi connectivity index (χ2n) is 4.74. The molecule has 1 saturated heterocycles. The smallest absolute Gasteiger partial charge is 0.0558 e. The van der Waals surface area contributed by atoms with Crippen molar-refractivity contribution >= 4 is 0 Å². The second-order valence-corrected chi connectivity index (χ2v) is 4.74. The molecule has 0 saturated carbocycles. The molecular formula is C12H26N2O2. The first-order valence-electron chi connectivity index (χ1n) is 6.41. The number of hydrogen-bond donors (Lipinski definition) is 2. The van der Waals surface area contributed by atoms with Crippen molar-refractivity contribution in [2.45, 2.75) is 26.3 Å². The fraction of sp³-hybridized carbons (Fsp3) is 1.00. The van der Waals surface area contributed by atoms with E-state index in [9.17, 15) is 0 Å². The number of aliphatic hydroxyl groups is 2. The van der Waals surface area contributed by atoms with Crippen LogP contribution in [-0.4, -0.2) is 72.0 Å². The minimum Gasteiger partial charge on any atom is -0.395 e. The number of nitrogens with zero attached hydrogens (tertiary/aromatic N) is 2. The minimum absolute atomic E-state index is 0.243. The summed E-state index contributed by atoms with van der Waals surface area (Å²) in [6.45, 7) is 9.57. The van der Waals surface area contributed by atoms with Crippen LogP contribution in [0, 0.1) is 5.92 Å². The van der Waals surface area contributed by atoms with Crippen molar-refractivity contribution in [1.82, 2.24) is 9.80 Å². The zero-order valence-electron chi connectivity index (χ0n) is 10.6. The van der Waals surface area contributed by atoms with Gasteiger partial charge in [-0.1, -0.05) is 20.3 Å². The molecule has 16 heavy (non-hydrogen) atoms. The molecule has 1 aliphatic rings. The summed E-state index contributed by atoms with van der Waals surface area (Å²) in [4.78, 5) is 4.72. The first kappa shape index (κ1) is 13.9. The topological polar surface area (TPSA) is 46.9 Å². The zero-order valence-corrected chi connectivity index (χ0v) is 10.6. The summed E-state index contributed by atoms with van der Waals surface area (Å²) in [5.41, 5.74) is 0. The molecule has 1 aliphatic heterocycles. The van der Waals surface area contributed by atoms with Crippen LogP contribution in [0.15, 0.2) is 0 Å². The van der Waals surface area contributed by atoms with Gasteiger partial charge in [-0.05, 0) is 5.92 Å². The molecule has 0 aromatic carbocycles. The summed E-state index contributed by atoms with van der Waals surface area (Å²) < 4.78 is 0. The molecule has 0 spiro atoms. The molecule has 0 aliphatic carbocycles. The van der Waals surface area contributed by atoms with E-state index in [1.165, 1.54) is 6.42 Å². The highest BCUT2D eigenvalue weighted by Gasteiger charge is 2.29. The van der Waals surface area contributed by atoms with Gasteiger partial charge in [0.1, 0.15) is 0 Å². The van der Waals surface area contributed by atoms with Crippen molar-refractivity contribution in [2.24, 2.45) is 5.92 Å². The predicted octanol–water partition coefficient (Wildman–Crippen LogP) is 0.00330. The number of aliphatic hydroxyl groups excluding tert-OH is 2. The SMILES string of the molecule is CCC(C)C1CN(CCO)CCN1CCO. The Hall–Kier alpha value is -0.160. The number of β-amino-alcohol motifs (C(OH)–C–C–N with tert-alkyl or cyclic N) is 2. The van der Waals surface area contributed by atoms with Gasteiger partial charge in [-0.15, -0.1) is 0 Å². The average molecular weight is 230 g/mol. The van der Waals surface area contributed by atoms with Crippen LogP contribution < -0.4 is 0 Å². The van der Waals surface area contributed by atoms with Gasteiger partial charge in [0, 0.05) is 38.8 Å². The summed E-state index contributed by atoms with van der Waals surface area (Å²) in [6.07, 6.45) is 1.17. The molecule has 4 nitrogen and oxygen atoms in total. The van der Waals surface area contributed by atoms with Gasteiger partial charge in [-0.2, -0.15) is 0 Å². The first-order chi connectivity index (χ1) is 7.72. The fourth-order valence-corrected chi connectivity index (χ4v) is 2.47. The molecule has 4 heteroatoms. The Morgan fingerprint density at radius 2 is 1.88 bits per heavy atom. The van der Waals surface area contributed by atoms with Gasteiger partial charge in [-0.3, -0.25) is 9.80 Å². The molecule has 0 aromatic heterocycles. The summed E-state index contributed by atoms with van der Waals surface area (Å²) in [5, 5.41) is 18.0. The van der Waals surface area contributed by atoms with Crippen LogP contribution in [0.25, 0.3) is 0 Å². The highest BCUT2D eigenvalue weighted by molar-refractivity contribution is 4.85. The van der Waals surface area contributed by atoms with Crippen LogP contribution in [0.1, 0.15) is 20.3 Å². The Bertz CT molecular complexity index is 190. The van der Waals surface area contributed by atoms with Gasteiger partial charge in [0.05, 0.1) is 13.2 Å². The second kappa shape index (κ2) is 7.22. The predicted molar refractivity (Wildman–Crippen MR) is 65.4 cm³/mol. The van der Waals surface area contributed by atoms with Gasteiger partial charge < -0.3 is 10.2 Å². The maximum Gasteiger partial charge on any atom is 0.0558 e. The van der Waals surface area contributed by atoms with E-state index in [-0.39, 0.29) is 13.2 Å². The molecular weight excluding hydrogens is 204 g/mol. The van der Waals surface area contributed by atoms with Crippen molar-refractivity contribution in [3.05, 3.63) is 0 Å². The molecule has 0 radical (unpaired) electrons. The first-order valence-corrected chi connectivity index (χ1v) is 6.41. The molecule has 96 valence electrons. The van der Waals surface area contributed by atoms with Crippen molar-refractivity contribution < 1.29 is 10.2 Å². The normalized spacial score (nSPS) is 25.9. The van der Waals surface area contributed by atoms with E-state index in [2.05, 4.69) is 23.6 Å². The third-order valence-electron chi connectivity index (χ3n) is 3.72. The van der Waals surface area contributed by atoms with E-state index >= 15 is 0 Å². The van der Waals surface area contributed by atoms with E-state index in [0.29, 0.717) is 12.0 Å². The monoisotopic (exact) mass is 230 g/mol. The molecule has 2 N–H and O–H groups in total. The molecule has 0 amide bonds. The maximum absolute atomic E-state index is 9.06. The Morgan fingerprint density at radius 3 is 2.44 bits per heavy atom.